The monoisotopic (exact) mass is 220 g/mol. The van der Waals surface area contributed by atoms with Gasteiger partial charge in [-0.25, -0.2) is 9.13 Å². The molecule has 0 spiro atoms. The molecule has 0 aromatic carbocycles. The van der Waals surface area contributed by atoms with Gasteiger partial charge < -0.3 is 14.9 Å². The van der Waals surface area contributed by atoms with E-state index in [-0.39, 0.29) is 0 Å². The van der Waals surface area contributed by atoms with Gasteiger partial charge in [0.2, 0.25) is 6.29 Å². The van der Waals surface area contributed by atoms with Crippen molar-refractivity contribution in [2.75, 3.05) is 6.61 Å². The standard InChI is InChI=1S/C2H6O8P2/c3-1-2-8-12(7,9-2)10-11(4,5)6/h2-3H,1H2,(H2,4,5,6). The van der Waals surface area contributed by atoms with Gasteiger partial charge in [-0.3, -0.25) is 9.05 Å². The molecule has 1 aliphatic rings. The summed E-state index contributed by atoms with van der Waals surface area (Å²) in [4.78, 5) is 16.3. The van der Waals surface area contributed by atoms with Gasteiger partial charge in [-0.05, 0) is 0 Å². The second-order valence-corrected chi connectivity index (χ2v) is 4.79. The molecule has 0 atom stereocenters. The van der Waals surface area contributed by atoms with Gasteiger partial charge in [-0.15, -0.1) is 0 Å². The first kappa shape index (κ1) is 10.3. The van der Waals surface area contributed by atoms with Crippen LogP contribution in [-0.4, -0.2) is 27.8 Å². The molecule has 0 unspecified atom stereocenters. The molecule has 12 heavy (non-hydrogen) atoms. The van der Waals surface area contributed by atoms with Crippen molar-refractivity contribution in [3.05, 3.63) is 0 Å². The molecule has 72 valence electrons. The first-order valence-electron chi connectivity index (χ1n) is 2.69. The highest BCUT2D eigenvalue weighted by Crippen LogP contribution is 2.67. The summed E-state index contributed by atoms with van der Waals surface area (Å²) in [6.07, 6.45) is -1.14. The largest absolute Gasteiger partial charge is 0.488 e. The van der Waals surface area contributed by atoms with Gasteiger partial charge in [0.05, 0.1) is 6.61 Å². The van der Waals surface area contributed by atoms with Crippen molar-refractivity contribution in [1.29, 1.82) is 0 Å². The summed E-state index contributed by atoms with van der Waals surface area (Å²) in [6.45, 7) is -0.561. The molecule has 1 rings (SSSR count). The highest BCUT2D eigenvalue weighted by Gasteiger charge is 2.49. The van der Waals surface area contributed by atoms with Crippen molar-refractivity contribution in [3.63, 3.8) is 0 Å². The van der Waals surface area contributed by atoms with E-state index in [1.807, 2.05) is 0 Å². The molecule has 1 heterocycles. The fraction of sp³-hybridized carbons (Fsp3) is 1.00. The van der Waals surface area contributed by atoms with Crippen molar-refractivity contribution in [1.82, 2.24) is 0 Å². The SMILES string of the molecule is O=P(O)(O)OP1(=O)OC(CO)O1. The molecule has 0 amide bonds. The maximum absolute atomic E-state index is 10.8. The summed E-state index contributed by atoms with van der Waals surface area (Å²) in [7, 11) is -8.99. The van der Waals surface area contributed by atoms with E-state index >= 15 is 0 Å². The van der Waals surface area contributed by atoms with Gasteiger partial charge >= 0.3 is 15.6 Å². The molecule has 8 nitrogen and oxygen atoms in total. The average molecular weight is 220 g/mol. The fourth-order valence-corrected chi connectivity index (χ4v) is 2.61. The van der Waals surface area contributed by atoms with Crippen molar-refractivity contribution in [3.8, 4) is 0 Å². The number of aliphatic hydroxyl groups is 1. The van der Waals surface area contributed by atoms with Crippen LogP contribution in [0.4, 0.5) is 0 Å². The Balaban J connectivity index is 2.46. The van der Waals surface area contributed by atoms with E-state index < -0.39 is 28.5 Å². The van der Waals surface area contributed by atoms with Gasteiger partial charge in [0, 0.05) is 0 Å². The highest BCUT2D eigenvalue weighted by molar-refractivity contribution is 7.61. The van der Waals surface area contributed by atoms with Crippen LogP contribution in [0.25, 0.3) is 0 Å². The van der Waals surface area contributed by atoms with Gasteiger partial charge in [0.1, 0.15) is 0 Å². The molecule has 0 saturated carbocycles. The Hall–Kier alpha value is 0.220. The topological polar surface area (TPSA) is 123 Å². The van der Waals surface area contributed by atoms with Crippen molar-refractivity contribution < 1.29 is 37.4 Å². The molecule has 1 aliphatic heterocycles. The maximum atomic E-state index is 10.8. The number of aliphatic hydroxyl groups excluding tert-OH is 1. The highest BCUT2D eigenvalue weighted by atomic mass is 31.3. The van der Waals surface area contributed by atoms with Gasteiger partial charge in [0.25, 0.3) is 0 Å². The minimum Gasteiger partial charge on any atom is -0.391 e. The lowest BCUT2D eigenvalue weighted by atomic mass is 10.7. The van der Waals surface area contributed by atoms with E-state index in [9.17, 15) is 9.13 Å². The zero-order valence-electron chi connectivity index (χ0n) is 5.56. The van der Waals surface area contributed by atoms with Gasteiger partial charge in [-0.2, -0.15) is 4.31 Å². The van der Waals surface area contributed by atoms with Gasteiger partial charge in [-0.1, -0.05) is 0 Å². The Morgan fingerprint density at radius 3 is 2.33 bits per heavy atom. The molecule has 3 N–H and O–H groups in total. The molecule has 0 bridgehead atoms. The molecule has 1 saturated heterocycles. The van der Waals surface area contributed by atoms with Crippen LogP contribution in [0.2, 0.25) is 0 Å². The quantitative estimate of drug-likeness (QED) is 0.547. The van der Waals surface area contributed by atoms with Crippen LogP contribution in [-0.2, 0) is 22.5 Å². The molecular formula is C2H6O8P2. The van der Waals surface area contributed by atoms with Crippen LogP contribution in [0.1, 0.15) is 0 Å². The molecule has 0 aliphatic carbocycles. The predicted molar refractivity (Wildman–Crippen MR) is 33.8 cm³/mol. The summed E-state index contributed by atoms with van der Waals surface area (Å²) in [5.41, 5.74) is 0. The molecular weight excluding hydrogens is 214 g/mol. The Morgan fingerprint density at radius 1 is 1.50 bits per heavy atom. The Morgan fingerprint density at radius 2 is 2.00 bits per heavy atom. The average Bonchev–Trinajstić information content (AvgIpc) is 1.78. The Kier molecular flexibility index (Phi) is 2.72. The van der Waals surface area contributed by atoms with Crippen molar-refractivity contribution in [2.24, 2.45) is 0 Å². The van der Waals surface area contributed by atoms with E-state index in [2.05, 4.69) is 13.4 Å². The second kappa shape index (κ2) is 3.17. The third kappa shape index (κ3) is 2.62. The molecule has 0 radical (unpaired) electrons. The smallest absolute Gasteiger partial charge is 0.391 e. The number of hydrogen-bond acceptors (Lipinski definition) is 6. The number of hydrogen-bond donors (Lipinski definition) is 3. The van der Waals surface area contributed by atoms with Crippen LogP contribution in [0.15, 0.2) is 0 Å². The lowest BCUT2D eigenvalue weighted by Gasteiger charge is -2.31. The van der Waals surface area contributed by atoms with Crippen molar-refractivity contribution >= 4 is 15.6 Å². The fourth-order valence-electron chi connectivity index (χ4n) is 0.531. The molecule has 0 aromatic rings. The number of phosphoric acid groups is 2. The van der Waals surface area contributed by atoms with Crippen LogP contribution >= 0.6 is 15.6 Å². The third-order valence-corrected chi connectivity index (χ3v) is 3.49. The number of rotatable bonds is 3. The first-order valence-corrected chi connectivity index (χ1v) is 5.68. The number of phosphoric ester groups is 1. The summed E-state index contributed by atoms with van der Waals surface area (Å²) < 4.78 is 33.0. The van der Waals surface area contributed by atoms with E-state index in [1.54, 1.807) is 0 Å². The van der Waals surface area contributed by atoms with Crippen LogP contribution in [0.3, 0.4) is 0 Å². The lowest BCUT2D eigenvalue weighted by molar-refractivity contribution is -0.138. The van der Waals surface area contributed by atoms with Crippen LogP contribution in [0.5, 0.6) is 0 Å². The zero-order chi connectivity index (χ0) is 9.41. The summed E-state index contributed by atoms with van der Waals surface area (Å²) >= 11 is 0. The zero-order valence-corrected chi connectivity index (χ0v) is 7.35. The summed E-state index contributed by atoms with van der Waals surface area (Å²) in [5, 5.41) is 8.30. The third-order valence-electron chi connectivity index (χ3n) is 0.849. The molecule has 10 heteroatoms. The Labute approximate surface area is 66.9 Å². The van der Waals surface area contributed by atoms with E-state index in [1.165, 1.54) is 0 Å². The predicted octanol–water partition coefficient (Wildman–Crippen LogP) is -0.431. The first-order chi connectivity index (χ1) is 5.35. The second-order valence-electron chi connectivity index (χ2n) is 1.84. The molecule has 1 fully saturated rings. The summed E-state index contributed by atoms with van der Waals surface area (Å²) in [5.74, 6) is 0. The van der Waals surface area contributed by atoms with Gasteiger partial charge in [0.15, 0.2) is 0 Å². The molecule has 0 aromatic heterocycles. The minimum absolute atomic E-state index is 0.561. The van der Waals surface area contributed by atoms with E-state index in [0.717, 1.165) is 0 Å². The van der Waals surface area contributed by atoms with Crippen LogP contribution < -0.4 is 0 Å². The Bertz CT molecular complexity index is 244. The minimum atomic E-state index is -4.88. The summed E-state index contributed by atoms with van der Waals surface area (Å²) in [6, 6.07) is 0. The van der Waals surface area contributed by atoms with Crippen molar-refractivity contribution in [2.45, 2.75) is 6.29 Å². The van der Waals surface area contributed by atoms with Crippen LogP contribution in [0, 0.1) is 0 Å². The van der Waals surface area contributed by atoms with E-state index in [4.69, 9.17) is 14.9 Å². The van der Waals surface area contributed by atoms with E-state index in [0.29, 0.717) is 0 Å². The lowest BCUT2D eigenvalue weighted by Crippen LogP contribution is -2.29. The normalized spacial score (nSPS) is 36.1. The maximum Gasteiger partial charge on any atom is 0.488 e.